The molecule has 0 bridgehead atoms. The van der Waals surface area contributed by atoms with Gasteiger partial charge in [0.15, 0.2) is 0 Å². The molecular formula is C12H22O4. The maximum atomic E-state index is 11.4. The highest BCUT2D eigenvalue weighted by atomic mass is 16.5. The van der Waals surface area contributed by atoms with E-state index in [9.17, 15) is 9.59 Å². The summed E-state index contributed by atoms with van der Waals surface area (Å²) < 4.78 is 5.25. The number of carboxylic acids is 1. The third kappa shape index (κ3) is 4.64. The second-order valence-corrected chi connectivity index (χ2v) is 4.39. The molecule has 0 radical (unpaired) electrons. The molecule has 0 spiro atoms. The van der Waals surface area contributed by atoms with Crippen molar-refractivity contribution >= 4 is 11.9 Å². The Kier molecular flexibility index (Phi) is 6.08. The maximum Gasteiger partial charge on any atom is 0.306 e. The van der Waals surface area contributed by atoms with Crippen LogP contribution in [0.3, 0.4) is 0 Å². The van der Waals surface area contributed by atoms with Gasteiger partial charge in [0.1, 0.15) is 6.10 Å². The zero-order chi connectivity index (χ0) is 12.8. The lowest BCUT2D eigenvalue weighted by atomic mass is 9.80. The zero-order valence-corrected chi connectivity index (χ0v) is 10.6. The predicted octanol–water partition coefficient (Wildman–Crippen LogP) is 2.61. The molecule has 0 aliphatic rings. The Labute approximate surface area is 97.0 Å². The van der Waals surface area contributed by atoms with E-state index in [4.69, 9.17) is 9.84 Å². The third-order valence-corrected chi connectivity index (χ3v) is 3.45. The van der Waals surface area contributed by atoms with E-state index in [2.05, 4.69) is 20.8 Å². The van der Waals surface area contributed by atoms with Crippen LogP contribution in [-0.2, 0) is 14.3 Å². The molecule has 0 rings (SSSR count). The van der Waals surface area contributed by atoms with Gasteiger partial charge in [0.05, 0.1) is 12.8 Å². The molecule has 0 heterocycles. The van der Waals surface area contributed by atoms with E-state index >= 15 is 0 Å². The third-order valence-electron chi connectivity index (χ3n) is 3.45. The van der Waals surface area contributed by atoms with Gasteiger partial charge in [-0.15, -0.1) is 0 Å². The first kappa shape index (κ1) is 14.9. The van der Waals surface area contributed by atoms with Gasteiger partial charge in [-0.3, -0.25) is 9.59 Å². The molecular weight excluding hydrogens is 208 g/mol. The minimum absolute atomic E-state index is 0.0289. The first-order valence-corrected chi connectivity index (χ1v) is 5.77. The summed E-state index contributed by atoms with van der Waals surface area (Å²) in [5.41, 5.74) is -0.0289. The van der Waals surface area contributed by atoms with E-state index in [-0.39, 0.29) is 24.4 Å². The number of rotatable bonds is 7. The highest BCUT2D eigenvalue weighted by molar-refractivity contribution is 5.76. The van der Waals surface area contributed by atoms with Gasteiger partial charge in [-0.05, 0) is 19.8 Å². The lowest BCUT2D eigenvalue weighted by Crippen LogP contribution is -2.33. The Hall–Kier alpha value is -1.06. The summed E-state index contributed by atoms with van der Waals surface area (Å²) in [4.78, 5) is 21.6. The molecule has 0 saturated carbocycles. The minimum atomic E-state index is -0.974. The van der Waals surface area contributed by atoms with Crippen LogP contribution in [0.4, 0.5) is 0 Å². The van der Waals surface area contributed by atoms with Crippen molar-refractivity contribution in [3.8, 4) is 0 Å². The summed E-state index contributed by atoms with van der Waals surface area (Å²) in [6, 6.07) is 0. The van der Waals surface area contributed by atoms with Gasteiger partial charge >= 0.3 is 11.9 Å². The van der Waals surface area contributed by atoms with Gasteiger partial charge in [0.25, 0.3) is 0 Å². The van der Waals surface area contributed by atoms with Crippen LogP contribution in [0.25, 0.3) is 0 Å². The average molecular weight is 230 g/mol. The summed E-state index contributed by atoms with van der Waals surface area (Å²) in [6.45, 7) is 8.06. The Balaban J connectivity index is 4.17. The number of hydrogen-bond donors (Lipinski definition) is 1. The largest absolute Gasteiger partial charge is 0.481 e. The topological polar surface area (TPSA) is 63.6 Å². The minimum Gasteiger partial charge on any atom is -0.481 e. The van der Waals surface area contributed by atoms with Gasteiger partial charge in [0.2, 0.25) is 0 Å². The number of hydrogen-bond acceptors (Lipinski definition) is 3. The second-order valence-electron chi connectivity index (χ2n) is 4.39. The van der Waals surface area contributed by atoms with Crippen LogP contribution in [0, 0.1) is 5.41 Å². The maximum absolute atomic E-state index is 11.4. The van der Waals surface area contributed by atoms with Crippen LogP contribution in [0.15, 0.2) is 0 Å². The summed E-state index contributed by atoms with van der Waals surface area (Å²) in [6.07, 6.45) is 1.46. The fourth-order valence-corrected chi connectivity index (χ4v) is 1.43. The number of carboxylic acid groups (broad SMARTS) is 1. The first-order chi connectivity index (χ1) is 7.35. The molecule has 0 aromatic rings. The molecule has 0 amide bonds. The summed E-state index contributed by atoms with van der Waals surface area (Å²) in [7, 11) is 0. The molecule has 0 aliphatic carbocycles. The van der Waals surface area contributed by atoms with Crippen molar-refractivity contribution in [2.45, 2.75) is 59.5 Å². The molecule has 0 saturated heterocycles. The fraction of sp³-hybridized carbons (Fsp3) is 0.833. The van der Waals surface area contributed by atoms with Gasteiger partial charge in [0, 0.05) is 5.41 Å². The number of esters is 1. The highest BCUT2D eigenvalue weighted by Gasteiger charge is 2.30. The fourth-order valence-electron chi connectivity index (χ4n) is 1.43. The van der Waals surface area contributed by atoms with Crippen LogP contribution >= 0.6 is 0 Å². The first-order valence-electron chi connectivity index (χ1n) is 5.77. The summed E-state index contributed by atoms with van der Waals surface area (Å²) in [5, 5.41) is 8.44. The molecule has 0 aromatic heterocycles. The van der Waals surface area contributed by atoms with Crippen LogP contribution in [-0.4, -0.2) is 23.1 Å². The Morgan fingerprint density at radius 3 is 2.12 bits per heavy atom. The Morgan fingerprint density at radius 1 is 1.25 bits per heavy atom. The Morgan fingerprint density at radius 2 is 1.75 bits per heavy atom. The lowest BCUT2D eigenvalue weighted by molar-refractivity contribution is -0.157. The van der Waals surface area contributed by atoms with Gasteiger partial charge in [-0.25, -0.2) is 0 Å². The van der Waals surface area contributed by atoms with Crippen molar-refractivity contribution in [3.05, 3.63) is 0 Å². The van der Waals surface area contributed by atoms with Crippen molar-refractivity contribution in [2.24, 2.45) is 5.41 Å². The molecule has 1 atom stereocenters. The van der Waals surface area contributed by atoms with E-state index in [0.717, 1.165) is 12.8 Å². The second kappa shape index (κ2) is 6.51. The van der Waals surface area contributed by atoms with Crippen LogP contribution < -0.4 is 0 Å². The number of ether oxygens (including phenoxy) is 1. The lowest BCUT2D eigenvalue weighted by Gasteiger charge is -2.33. The smallest absolute Gasteiger partial charge is 0.306 e. The van der Waals surface area contributed by atoms with E-state index < -0.39 is 11.9 Å². The highest BCUT2D eigenvalue weighted by Crippen LogP contribution is 2.31. The standard InChI is InChI=1S/C12H22O4/c1-5-12(4,6-2)9(3)16-11(15)8-7-10(13)14/h9H,5-8H2,1-4H3,(H,13,14). The average Bonchev–Trinajstić information content (AvgIpc) is 2.25. The molecule has 4 nitrogen and oxygen atoms in total. The number of carbonyl (C=O) groups excluding carboxylic acids is 1. The van der Waals surface area contributed by atoms with E-state index in [1.165, 1.54) is 0 Å². The molecule has 4 heteroatoms. The number of carbonyl (C=O) groups is 2. The van der Waals surface area contributed by atoms with Crippen molar-refractivity contribution in [1.82, 2.24) is 0 Å². The molecule has 1 N–H and O–H groups in total. The van der Waals surface area contributed by atoms with Crippen molar-refractivity contribution in [2.75, 3.05) is 0 Å². The SMILES string of the molecule is CCC(C)(CC)C(C)OC(=O)CCC(=O)O. The zero-order valence-electron chi connectivity index (χ0n) is 10.6. The van der Waals surface area contributed by atoms with Crippen molar-refractivity contribution in [3.63, 3.8) is 0 Å². The normalized spacial score (nSPS) is 13.2. The quantitative estimate of drug-likeness (QED) is 0.683. The van der Waals surface area contributed by atoms with Crippen LogP contribution in [0.5, 0.6) is 0 Å². The molecule has 94 valence electrons. The molecule has 0 aromatic carbocycles. The molecule has 0 aliphatic heterocycles. The molecule has 1 unspecified atom stereocenters. The molecule has 16 heavy (non-hydrogen) atoms. The Bertz CT molecular complexity index is 243. The van der Waals surface area contributed by atoms with Crippen molar-refractivity contribution in [1.29, 1.82) is 0 Å². The summed E-state index contributed by atoms with van der Waals surface area (Å²) in [5.74, 6) is -1.40. The van der Waals surface area contributed by atoms with Crippen LogP contribution in [0.2, 0.25) is 0 Å². The number of aliphatic carboxylic acids is 1. The van der Waals surface area contributed by atoms with Gasteiger partial charge < -0.3 is 9.84 Å². The molecule has 0 fully saturated rings. The summed E-state index contributed by atoms with van der Waals surface area (Å²) >= 11 is 0. The van der Waals surface area contributed by atoms with Crippen LogP contribution in [0.1, 0.15) is 53.4 Å². The predicted molar refractivity (Wildman–Crippen MR) is 61.1 cm³/mol. The monoisotopic (exact) mass is 230 g/mol. The van der Waals surface area contributed by atoms with Gasteiger partial charge in [-0.1, -0.05) is 20.8 Å². The van der Waals surface area contributed by atoms with Gasteiger partial charge in [-0.2, -0.15) is 0 Å². The van der Waals surface area contributed by atoms with E-state index in [0.29, 0.717) is 0 Å². The van der Waals surface area contributed by atoms with E-state index in [1.807, 2.05) is 6.92 Å². The van der Waals surface area contributed by atoms with E-state index in [1.54, 1.807) is 0 Å². The van der Waals surface area contributed by atoms with Crippen molar-refractivity contribution < 1.29 is 19.4 Å².